The summed E-state index contributed by atoms with van der Waals surface area (Å²) in [5, 5.41) is 3.35. The molecule has 2 aliphatic heterocycles. The van der Waals surface area contributed by atoms with E-state index in [0.717, 1.165) is 53.3 Å². The zero-order valence-corrected chi connectivity index (χ0v) is 22.5. The van der Waals surface area contributed by atoms with Gasteiger partial charge in [-0.1, -0.05) is 36.4 Å². The van der Waals surface area contributed by atoms with Crippen molar-refractivity contribution in [2.45, 2.75) is 32.5 Å². The van der Waals surface area contributed by atoms with Gasteiger partial charge in [-0.2, -0.15) is 4.98 Å². The lowest BCUT2D eigenvalue weighted by atomic mass is 10.0. The average molecular weight is 537 g/mol. The topological polar surface area (TPSA) is 92.7 Å². The molecule has 40 heavy (non-hydrogen) atoms. The number of hydrogen-bond acceptors (Lipinski definition) is 8. The van der Waals surface area contributed by atoms with Crippen LogP contribution in [0.3, 0.4) is 0 Å². The van der Waals surface area contributed by atoms with E-state index in [1.807, 2.05) is 72.8 Å². The van der Waals surface area contributed by atoms with E-state index < -0.39 is 0 Å². The molecule has 1 N–H and O–H groups in total. The lowest BCUT2D eigenvalue weighted by Crippen LogP contribution is -2.45. The van der Waals surface area contributed by atoms with Crippen LogP contribution in [0, 0.1) is 0 Å². The summed E-state index contributed by atoms with van der Waals surface area (Å²) in [6, 6.07) is 23.9. The second kappa shape index (κ2) is 11.7. The highest BCUT2D eigenvalue weighted by molar-refractivity contribution is 5.66. The van der Waals surface area contributed by atoms with Gasteiger partial charge in [-0.3, -0.25) is 4.79 Å². The third-order valence-corrected chi connectivity index (χ3v) is 7.23. The standard InChI is InChI=1S/C31H32N6O3/c1-22-19-39-17-16-37(22)31-26-14-15-36(21-38)18-27(26)33-30(35-31)24-10-12-25(13-11-24)32-28-8-5-9-29(34-28)40-20-23-6-3-2-4-7-23/h2-13,21-22H,14-20H2,1H3,(H,32,34)/t22-/m0/s1. The van der Waals surface area contributed by atoms with Crippen molar-refractivity contribution >= 4 is 23.7 Å². The monoisotopic (exact) mass is 536 g/mol. The number of pyridine rings is 1. The number of amides is 1. The number of carbonyl (C=O) groups excluding carboxylic acids is 1. The van der Waals surface area contributed by atoms with E-state index >= 15 is 0 Å². The molecule has 9 heteroatoms. The van der Waals surface area contributed by atoms with E-state index in [1.54, 1.807) is 4.90 Å². The highest BCUT2D eigenvalue weighted by atomic mass is 16.5. The Kier molecular flexibility index (Phi) is 7.54. The van der Waals surface area contributed by atoms with Gasteiger partial charge in [0.25, 0.3) is 0 Å². The van der Waals surface area contributed by atoms with Gasteiger partial charge in [0.1, 0.15) is 18.2 Å². The molecular weight excluding hydrogens is 504 g/mol. The van der Waals surface area contributed by atoms with Gasteiger partial charge in [-0.05, 0) is 49.2 Å². The van der Waals surface area contributed by atoms with Crippen molar-refractivity contribution in [3.05, 3.63) is 89.6 Å². The van der Waals surface area contributed by atoms with Crippen molar-refractivity contribution in [2.24, 2.45) is 0 Å². The van der Waals surface area contributed by atoms with Gasteiger partial charge in [0.15, 0.2) is 5.82 Å². The van der Waals surface area contributed by atoms with Crippen LogP contribution in [0.5, 0.6) is 5.88 Å². The molecule has 0 unspecified atom stereocenters. The van der Waals surface area contributed by atoms with Gasteiger partial charge in [0.05, 0.1) is 31.5 Å². The lowest BCUT2D eigenvalue weighted by molar-refractivity contribution is -0.119. The van der Waals surface area contributed by atoms with Crippen LogP contribution in [0.15, 0.2) is 72.8 Å². The van der Waals surface area contributed by atoms with Crippen molar-refractivity contribution in [1.29, 1.82) is 0 Å². The Bertz CT molecular complexity index is 1460. The first-order valence-electron chi connectivity index (χ1n) is 13.6. The maximum absolute atomic E-state index is 11.5. The third kappa shape index (κ3) is 5.74. The molecule has 2 aliphatic rings. The number of aromatic nitrogens is 3. The molecule has 0 bridgehead atoms. The van der Waals surface area contributed by atoms with Gasteiger partial charge in [0, 0.05) is 36.0 Å². The molecule has 1 fully saturated rings. The van der Waals surface area contributed by atoms with E-state index in [2.05, 4.69) is 22.1 Å². The highest BCUT2D eigenvalue weighted by Crippen LogP contribution is 2.31. The molecule has 0 radical (unpaired) electrons. The molecule has 9 nitrogen and oxygen atoms in total. The second-order valence-corrected chi connectivity index (χ2v) is 10.1. The fraction of sp³-hybridized carbons (Fsp3) is 0.290. The number of nitrogens with one attached hydrogen (secondary N) is 1. The number of rotatable bonds is 8. The number of carbonyl (C=O) groups is 1. The smallest absolute Gasteiger partial charge is 0.215 e. The first kappa shape index (κ1) is 25.8. The summed E-state index contributed by atoms with van der Waals surface area (Å²) in [7, 11) is 0. The van der Waals surface area contributed by atoms with Gasteiger partial charge in [0.2, 0.25) is 12.3 Å². The van der Waals surface area contributed by atoms with Crippen LogP contribution in [-0.4, -0.2) is 58.6 Å². The molecule has 2 aromatic carbocycles. The number of nitrogens with zero attached hydrogens (tertiary/aromatic N) is 5. The van der Waals surface area contributed by atoms with Gasteiger partial charge >= 0.3 is 0 Å². The molecular formula is C31H32N6O3. The van der Waals surface area contributed by atoms with Gasteiger partial charge < -0.3 is 24.6 Å². The van der Waals surface area contributed by atoms with Crippen LogP contribution in [0.1, 0.15) is 23.7 Å². The van der Waals surface area contributed by atoms with Crippen LogP contribution in [0.25, 0.3) is 11.4 Å². The summed E-state index contributed by atoms with van der Waals surface area (Å²) in [6.45, 7) is 5.91. The van der Waals surface area contributed by atoms with Gasteiger partial charge in [-0.25, -0.2) is 9.97 Å². The number of hydrogen-bond donors (Lipinski definition) is 1. The van der Waals surface area contributed by atoms with Gasteiger partial charge in [-0.15, -0.1) is 0 Å². The Balaban J connectivity index is 1.21. The molecule has 0 saturated carbocycles. The average Bonchev–Trinajstić information content (AvgIpc) is 3.00. The molecule has 4 aromatic rings. The molecule has 0 spiro atoms. The minimum absolute atomic E-state index is 0.219. The first-order valence-corrected chi connectivity index (χ1v) is 13.6. The second-order valence-electron chi connectivity index (χ2n) is 10.1. The predicted octanol–water partition coefficient (Wildman–Crippen LogP) is 4.60. The Morgan fingerprint density at radius 2 is 1.85 bits per heavy atom. The Labute approximate surface area is 233 Å². The fourth-order valence-corrected chi connectivity index (χ4v) is 5.08. The fourth-order valence-electron chi connectivity index (χ4n) is 5.08. The summed E-state index contributed by atoms with van der Waals surface area (Å²) in [4.78, 5) is 30.2. The maximum atomic E-state index is 11.5. The zero-order valence-electron chi connectivity index (χ0n) is 22.5. The molecule has 0 aliphatic carbocycles. The summed E-state index contributed by atoms with van der Waals surface area (Å²) < 4.78 is 11.5. The Hall–Kier alpha value is -4.50. The molecule has 204 valence electrons. The normalized spacial score (nSPS) is 16.8. The summed E-state index contributed by atoms with van der Waals surface area (Å²) in [6.07, 6.45) is 1.65. The third-order valence-electron chi connectivity index (χ3n) is 7.23. The lowest BCUT2D eigenvalue weighted by Gasteiger charge is -2.37. The van der Waals surface area contributed by atoms with E-state index in [4.69, 9.17) is 19.4 Å². The molecule has 1 saturated heterocycles. The summed E-state index contributed by atoms with van der Waals surface area (Å²) in [5.41, 5.74) is 4.94. The van der Waals surface area contributed by atoms with E-state index in [0.29, 0.717) is 50.4 Å². The summed E-state index contributed by atoms with van der Waals surface area (Å²) in [5.74, 6) is 2.87. The Morgan fingerprint density at radius 3 is 2.65 bits per heavy atom. The largest absolute Gasteiger partial charge is 0.473 e. The molecule has 6 rings (SSSR count). The summed E-state index contributed by atoms with van der Waals surface area (Å²) >= 11 is 0. The number of morpholine rings is 1. The highest BCUT2D eigenvalue weighted by Gasteiger charge is 2.28. The van der Waals surface area contributed by atoms with E-state index in [-0.39, 0.29) is 6.04 Å². The van der Waals surface area contributed by atoms with Crippen molar-refractivity contribution in [3.63, 3.8) is 0 Å². The minimum atomic E-state index is 0.219. The first-order chi connectivity index (χ1) is 19.7. The predicted molar refractivity (Wildman–Crippen MR) is 154 cm³/mol. The van der Waals surface area contributed by atoms with E-state index in [9.17, 15) is 4.79 Å². The zero-order chi connectivity index (χ0) is 27.3. The SMILES string of the molecule is C[C@H]1COCCN1c1nc(-c2ccc(Nc3cccc(OCc4ccccc4)n3)cc2)nc2c1CCN(C=O)C2. The van der Waals surface area contributed by atoms with Crippen LogP contribution in [-0.2, 0) is 29.1 Å². The van der Waals surface area contributed by atoms with Crippen LogP contribution in [0.4, 0.5) is 17.3 Å². The molecule has 1 amide bonds. The number of fused-ring (bicyclic) bond motifs is 1. The molecule has 1 atom stereocenters. The Morgan fingerprint density at radius 1 is 1.00 bits per heavy atom. The number of anilines is 3. The quantitative estimate of drug-likeness (QED) is 0.327. The number of benzene rings is 2. The molecule has 2 aromatic heterocycles. The molecule has 4 heterocycles. The number of ether oxygens (including phenoxy) is 2. The van der Waals surface area contributed by atoms with E-state index in [1.165, 1.54) is 0 Å². The van der Waals surface area contributed by atoms with Crippen molar-refractivity contribution in [2.75, 3.05) is 36.5 Å². The van der Waals surface area contributed by atoms with Crippen LogP contribution >= 0.6 is 0 Å². The van der Waals surface area contributed by atoms with Crippen LogP contribution < -0.4 is 15.0 Å². The maximum Gasteiger partial charge on any atom is 0.215 e. The van der Waals surface area contributed by atoms with Crippen molar-refractivity contribution in [3.8, 4) is 17.3 Å². The minimum Gasteiger partial charge on any atom is -0.473 e. The van der Waals surface area contributed by atoms with Crippen LogP contribution in [0.2, 0.25) is 0 Å². The van der Waals surface area contributed by atoms with Crippen molar-refractivity contribution < 1.29 is 14.3 Å². The van der Waals surface area contributed by atoms with Crippen molar-refractivity contribution in [1.82, 2.24) is 19.9 Å².